The van der Waals surface area contributed by atoms with Crippen LogP contribution in [0.1, 0.15) is 64.2 Å². The maximum atomic E-state index is 5.91. The molecule has 0 spiro atoms. The second-order valence-electron chi connectivity index (χ2n) is 5.84. The lowest BCUT2D eigenvalue weighted by atomic mass is 9.89. The number of hydrogen-bond donors (Lipinski definition) is 1. The molecule has 2 nitrogen and oxygen atoms in total. The molecule has 0 aromatic heterocycles. The molecule has 17 heavy (non-hydrogen) atoms. The zero-order valence-corrected chi connectivity index (χ0v) is 11.3. The maximum absolute atomic E-state index is 5.91. The highest BCUT2D eigenvalue weighted by Gasteiger charge is 2.14. The van der Waals surface area contributed by atoms with Gasteiger partial charge in [0.2, 0.25) is 0 Å². The highest BCUT2D eigenvalue weighted by atomic mass is 16.5. The van der Waals surface area contributed by atoms with Crippen LogP contribution in [0.25, 0.3) is 0 Å². The number of hydrogen-bond acceptors (Lipinski definition) is 2. The van der Waals surface area contributed by atoms with E-state index in [1.807, 2.05) is 0 Å². The first-order chi connectivity index (χ1) is 8.45. The average molecular weight is 239 g/mol. The van der Waals surface area contributed by atoms with Crippen LogP contribution in [-0.2, 0) is 4.74 Å². The zero-order valence-electron chi connectivity index (χ0n) is 11.3. The smallest absolute Gasteiger partial charge is 0.0594 e. The van der Waals surface area contributed by atoms with Crippen molar-refractivity contribution in [1.82, 2.24) is 5.32 Å². The normalized spacial score (nSPS) is 24.0. The minimum absolute atomic E-state index is 0.570. The van der Waals surface area contributed by atoms with Crippen LogP contribution in [0, 0.1) is 5.92 Å². The Hall–Kier alpha value is -0.0800. The highest BCUT2D eigenvalue weighted by molar-refractivity contribution is 4.68. The Morgan fingerprint density at radius 3 is 2.18 bits per heavy atom. The first kappa shape index (κ1) is 13.4. The Morgan fingerprint density at radius 1 is 0.824 bits per heavy atom. The van der Waals surface area contributed by atoms with Gasteiger partial charge in [0, 0.05) is 6.54 Å². The van der Waals surface area contributed by atoms with E-state index < -0.39 is 0 Å². The molecule has 0 aliphatic heterocycles. The maximum Gasteiger partial charge on any atom is 0.0594 e. The van der Waals surface area contributed by atoms with E-state index in [4.69, 9.17) is 4.74 Å². The summed E-state index contributed by atoms with van der Waals surface area (Å²) in [7, 11) is 0. The second-order valence-corrected chi connectivity index (χ2v) is 5.84. The fraction of sp³-hybridized carbons (Fsp3) is 1.00. The Labute approximate surface area is 107 Å². The van der Waals surface area contributed by atoms with Crippen LogP contribution in [-0.4, -0.2) is 25.8 Å². The summed E-state index contributed by atoms with van der Waals surface area (Å²) in [6.45, 7) is 3.18. The molecule has 0 radical (unpaired) electrons. The van der Waals surface area contributed by atoms with Gasteiger partial charge in [0.05, 0.1) is 12.7 Å². The van der Waals surface area contributed by atoms with Gasteiger partial charge in [0.25, 0.3) is 0 Å². The number of rotatable bonds is 6. The van der Waals surface area contributed by atoms with E-state index >= 15 is 0 Å². The summed E-state index contributed by atoms with van der Waals surface area (Å²) in [6, 6.07) is 0. The van der Waals surface area contributed by atoms with E-state index in [-0.39, 0.29) is 0 Å². The number of ether oxygens (including phenoxy) is 1. The van der Waals surface area contributed by atoms with Crippen LogP contribution in [0.15, 0.2) is 0 Å². The van der Waals surface area contributed by atoms with Crippen LogP contribution in [0.2, 0.25) is 0 Å². The summed E-state index contributed by atoms with van der Waals surface area (Å²) in [5.41, 5.74) is 0. The average Bonchev–Trinajstić information content (AvgIpc) is 2.41. The van der Waals surface area contributed by atoms with Gasteiger partial charge in [-0.25, -0.2) is 0 Å². The van der Waals surface area contributed by atoms with Crippen molar-refractivity contribution in [2.24, 2.45) is 5.92 Å². The lowest BCUT2D eigenvalue weighted by Crippen LogP contribution is -2.29. The third-order valence-electron chi connectivity index (χ3n) is 4.34. The molecule has 100 valence electrons. The van der Waals surface area contributed by atoms with Crippen molar-refractivity contribution in [3.8, 4) is 0 Å². The summed E-state index contributed by atoms with van der Waals surface area (Å²) in [5.74, 6) is 0.943. The Morgan fingerprint density at radius 2 is 1.47 bits per heavy atom. The van der Waals surface area contributed by atoms with Crippen LogP contribution in [0.3, 0.4) is 0 Å². The van der Waals surface area contributed by atoms with Gasteiger partial charge in [0.1, 0.15) is 0 Å². The molecule has 1 N–H and O–H groups in total. The molecule has 2 heteroatoms. The van der Waals surface area contributed by atoms with Gasteiger partial charge in [0.15, 0.2) is 0 Å². The molecule has 0 unspecified atom stereocenters. The predicted octanol–water partition coefficient (Wildman–Crippen LogP) is 3.51. The molecule has 0 saturated heterocycles. The molecule has 0 heterocycles. The minimum atomic E-state index is 0.570. The SMILES string of the molecule is C1CCC(CNCCOC2CCCCC2)CC1. The zero-order chi connectivity index (χ0) is 11.8. The third kappa shape index (κ3) is 5.39. The van der Waals surface area contributed by atoms with Gasteiger partial charge in [-0.3, -0.25) is 0 Å². The predicted molar refractivity (Wildman–Crippen MR) is 72.3 cm³/mol. The topological polar surface area (TPSA) is 21.3 Å². The summed E-state index contributed by atoms with van der Waals surface area (Å²) >= 11 is 0. The molecule has 0 aromatic carbocycles. The number of nitrogens with one attached hydrogen (secondary N) is 1. The molecule has 0 aromatic rings. The van der Waals surface area contributed by atoms with Crippen molar-refractivity contribution < 1.29 is 4.74 Å². The van der Waals surface area contributed by atoms with Gasteiger partial charge >= 0.3 is 0 Å². The first-order valence-electron chi connectivity index (χ1n) is 7.77. The standard InChI is InChI=1S/C15H29NO/c1-3-7-14(8-4-1)13-16-11-12-17-15-9-5-2-6-10-15/h14-16H,1-13H2. The molecule has 2 aliphatic rings. The van der Waals surface area contributed by atoms with Gasteiger partial charge in [-0.15, -0.1) is 0 Å². The van der Waals surface area contributed by atoms with Crippen molar-refractivity contribution in [2.45, 2.75) is 70.3 Å². The van der Waals surface area contributed by atoms with E-state index in [9.17, 15) is 0 Å². The molecular formula is C15H29NO. The molecule has 2 fully saturated rings. The van der Waals surface area contributed by atoms with Crippen LogP contribution < -0.4 is 5.32 Å². The summed E-state index contributed by atoms with van der Waals surface area (Å²) in [6.07, 6.45) is 14.6. The van der Waals surface area contributed by atoms with E-state index in [2.05, 4.69) is 5.32 Å². The van der Waals surface area contributed by atoms with Crippen LogP contribution >= 0.6 is 0 Å². The molecule has 0 amide bonds. The molecular weight excluding hydrogens is 210 g/mol. The monoisotopic (exact) mass is 239 g/mol. The Balaban J connectivity index is 1.42. The van der Waals surface area contributed by atoms with Crippen LogP contribution in [0.4, 0.5) is 0 Å². The van der Waals surface area contributed by atoms with Gasteiger partial charge in [-0.2, -0.15) is 0 Å². The van der Waals surface area contributed by atoms with Crippen molar-refractivity contribution in [3.63, 3.8) is 0 Å². The van der Waals surface area contributed by atoms with E-state index in [0.29, 0.717) is 6.10 Å². The summed E-state index contributed by atoms with van der Waals surface area (Å²) in [4.78, 5) is 0. The van der Waals surface area contributed by atoms with E-state index in [0.717, 1.165) is 19.1 Å². The highest BCUT2D eigenvalue weighted by Crippen LogP contribution is 2.22. The van der Waals surface area contributed by atoms with E-state index in [1.165, 1.54) is 70.8 Å². The second kappa shape index (κ2) is 8.10. The van der Waals surface area contributed by atoms with Gasteiger partial charge < -0.3 is 10.1 Å². The Bertz CT molecular complexity index is 163. The van der Waals surface area contributed by atoms with Crippen molar-refractivity contribution in [1.29, 1.82) is 0 Å². The quantitative estimate of drug-likeness (QED) is 0.716. The summed E-state index contributed by atoms with van der Waals surface area (Å²) in [5, 5.41) is 3.57. The molecule has 0 bridgehead atoms. The minimum Gasteiger partial charge on any atom is -0.377 e. The van der Waals surface area contributed by atoms with Crippen molar-refractivity contribution in [3.05, 3.63) is 0 Å². The van der Waals surface area contributed by atoms with Gasteiger partial charge in [-0.1, -0.05) is 38.5 Å². The Kier molecular flexibility index (Phi) is 6.36. The van der Waals surface area contributed by atoms with Crippen molar-refractivity contribution in [2.75, 3.05) is 19.7 Å². The van der Waals surface area contributed by atoms with Crippen LogP contribution in [0.5, 0.6) is 0 Å². The molecule has 2 aliphatic carbocycles. The molecule has 0 atom stereocenters. The lowest BCUT2D eigenvalue weighted by molar-refractivity contribution is 0.0299. The van der Waals surface area contributed by atoms with E-state index in [1.54, 1.807) is 0 Å². The first-order valence-corrected chi connectivity index (χ1v) is 7.77. The van der Waals surface area contributed by atoms with Gasteiger partial charge in [-0.05, 0) is 38.1 Å². The lowest BCUT2D eigenvalue weighted by Gasteiger charge is -2.23. The van der Waals surface area contributed by atoms with Crippen molar-refractivity contribution >= 4 is 0 Å². The summed E-state index contributed by atoms with van der Waals surface area (Å²) < 4.78 is 5.91. The largest absolute Gasteiger partial charge is 0.377 e. The molecule has 2 saturated carbocycles. The third-order valence-corrected chi connectivity index (χ3v) is 4.34. The fourth-order valence-electron chi connectivity index (χ4n) is 3.23. The molecule has 2 rings (SSSR count). The fourth-order valence-corrected chi connectivity index (χ4v) is 3.23.